The summed E-state index contributed by atoms with van der Waals surface area (Å²) < 4.78 is 0. The lowest BCUT2D eigenvalue weighted by molar-refractivity contribution is 0.101. The minimum Gasteiger partial charge on any atom is -0.318 e. The van der Waals surface area contributed by atoms with Crippen LogP contribution < -0.4 is 5.32 Å². The van der Waals surface area contributed by atoms with Crippen molar-refractivity contribution in [1.82, 2.24) is 15.2 Å². The molecule has 0 spiro atoms. The highest BCUT2D eigenvalue weighted by Crippen LogP contribution is 2.24. The number of aromatic amines is 1. The normalized spacial score (nSPS) is 10.7. The number of hydrogen-bond acceptors (Lipinski definition) is 4. The Morgan fingerprint density at radius 2 is 2.11 bits per heavy atom. The zero-order chi connectivity index (χ0) is 13.8. The van der Waals surface area contributed by atoms with Crippen LogP contribution in [0, 0.1) is 0 Å². The van der Waals surface area contributed by atoms with Crippen molar-refractivity contribution in [1.29, 1.82) is 0 Å². The molecule has 0 saturated carbocycles. The molecule has 2 rings (SSSR count). The predicted octanol–water partition coefficient (Wildman–Crippen LogP) is 2.90. The minimum atomic E-state index is -0.301. The lowest BCUT2D eigenvalue weighted by Crippen LogP contribution is -2.14. The highest BCUT2D eigenvalue weighted by atomic mass is 32.2. The van der Waals surface area contributed by atoms with Crippen LogP contribution in [0.25, 0.3) is 0 Å². The summed E-state index contributed by atoms with van der Waals surface area (Å²) in [5, 5.41) is 9.53. The van der Waals surface area contributed by atoms with E-state index in [1.54, 1.807) is 11.8 Å². The van der Waals surface area contributed by atoms with Crippen molar-refractivity contribution in [3.05, 3.63) is 35.9 Å². The fourth-order valence-electron chi connectivity index (χ4n) is 1.56. The molecule has 2 aromatic rings. The number of rotatable bonds is 4. The van der Waals surface area contributed by atoms with Gasteiger partial charge < -0.3 is 5.32 Å². The smallest absolute Gasteiger partial charge is 0.295 e. The summed E-state index contributed by atoms with van der Waals surface area (Å²) in [5.74, 6) is 0.792. The fraction of sp³-hybridized carbons (Fsp3) is 0.308. The molecular formula is C13H16N4OS. The van der Waals surface area contributed by atoms with Crippen molar-refractivity contribution in [2.24, 2.45) is 0 Å². The first-order chi connectivity index (χ1) is 9.11. The van der Waals surface area contributed by atoms with Gasteiger partial charge in [0.2, 0.25) is 5.82 Å². The Labute approximate surface area is 116 Å². The molecule has 5 nitrogen and oxygen atoms in total. The third-order valence-electron chi connectivity index (χ3n) is 2.61. The molecule has 0 aliphatic rings. The van der Waals surface area contributed by atoms with Gasteiger partial charge in [-0.3, -0.25) is 9.89 Å². The van der Waals surface area contributed by atoms with Gasteiger partial charge in [-0.15, -0.1) is 16.9 Å². The van der Waals surface area contributed by atoms with Crippen LogP contribution in [0.15, 0.2) is 29.2 Å². The molecule has 1 aromatic carbocycles. The maximum Gasteiger partial charge on any atom is 0.295 e. The Hall–Kier alpha value is -1.82. The van der Waals surface area contributed by atoms with E-state index in [-0.39, 0.29) is 17.6 Å². The number of nitrogens with one attached hydrogen (secondary N) is 2. The van der Waals surface area contributed by atoms with E-state index in [9.17, 15) is 4.79 Å². The fourth-order valence-corrected chi connectivity index (χ4v) is 2.11. The summed E-state index contributed by atoms with van der Waals surface area (Å²) in [5.41, 5.74) is 0.774. The van der Waals surface area contributed by atoms with Crippen molar-refractivity contribution in [2.45, 2.75) is 24.7 Å². The summed E-state index contributed by atoms with van der Waals surface area (Å²) >= 11 is 1.58. The van der Waals surface area contributed by atoms with Crippen LogP contribution in [0.1, 0.15) is 36.2 Å². The number of nitrogens with zero attached hydrogens (tertiary/aromatic N) is 2. The number of aromatic nitrogens is 3. The maximum absolute atomic E-state index is 12.1. The van der Waals surface area contributed by atoms with Crippen LogP contribution in [0.3, 0.4) is 0 Å². The van der Waals surface area contributed by atoms with Gasteiger partial charge in [0.1, 0.15) is 5.82 Å². The van der Waals surface area contributed by atoms with Crippen LogP contribution in [-0.2, 0) is 0 Å². The number of thioether (sulfide) groups is 1. The van der Waals surface area contributed by atoms with Crippen LogP contribution in [0.5, 0.6) is 0 Å². The van der Waals surface area contributed by atoms with Crippen LogP contribution in [0.4, 0.5) is 5.69 Å². The predicted molar refractivity (Wildman–Crippen MR) is 76.6 cm³/mol. The molecule has 6 heteroatoms. The lowest BCUT2D eigenvalue weighted by Gasteiger charge is -2.07. The molecule has 100 valence electrons. The van der Waals surface area contributed by atoms with Gasteiger partial charge in [0, 0.05) is 10.8 Å². The molecule has 0 aliphatic carbocycles. The van der Waals surface area contributed by atoms with E-state index in [0.717, 1.165) is 10.6 Å². The van der Waals surface area contributed by atoms with Gasteiger partial charge >= 0.3 is 0 Å². The van der Waals surface area contributed by atoms with Crippen molar-refractivity contribution in [2.75, 3.05) is 11.6 Å². The largest absolute Gasteiger partial charge is 0.318 e. The molecule has 0 saturated heterocycles. The minimum absolute atomic E-state index is 0.166. The van der Waals surface area contributed by atoms with E-state index in [2.05, 4.69) is 20.5 Å². The zero-order valence-electron chi connectivity index (χ0n) is 11.1. The van der Waals surface area contributed by atoms with Gasteiger partial charge in [-0.25, -0.2) is 4.98 Å². The molecule has 0 atom stereocenters. The first-order valence-electron chi connectivity index (χ1n) is 5.98. The molecule has 0 unspecified atom stereocenters. The number of carbonyl (C=O) groups excluding carboxylic acids is 1. The van der Waals surface area contributed by atoms with Gasteiger partial charge in [-0.1, -0.05) is 26.0 Å². The van der Waals surface area contributed by atoms with E-state index in [0.29, 0.717) is 5.82 Å². The van der Waals surface area contributed by atoms with E-state index in [4.69, 9.17) is 0 Å². The number of amides is 1. The van der Waals surface area contributed by atoms with Gasteiger partial charge in [-0.2, -0.15) is 0 Å². The van der Waals surface area contributed by atoms with Gasteiger partial charge in [0.25, 0.3) is 5.91 Å². The second-order valence-corrected chi connectivity index (χ2v) is 5.20. The number of H-pyrrole nitrogens is 1. The maximum atomic E-state index is 12.1. The van der Waals surface area contributed by atoms with Gasteiger partial charge in [-0.05, 0) is 18.4 Å². The summed E-state index contributed by atoms with van der Waals surface area (Å²) in [7, 11) is 0. The zero-order valence-corrected chi connectivity index (χ0v) is 11.9. The van der Waals surface area contributed by atoms with Crippen molar-refractivity contribution in [3.8, 4) is 0 Å². The number of carbonyl (C=O) groups is 1. The SMILES string of the molecule is CSc1ccccc1NC(=O)c1n[nH]c(C(C)C)n1. The molecule has 1 amide bonds. The molecule has 0 bridgehead atoms. The van der Waals surface area contributed by atoms with Crippen molar-refractivity contribution in [3.63, 3.8) is 0 Å². The van der Waals surface area contributed by atoms with E-state index < -0.39 is 0 Å². The van der Waals surface area contributed by atoms with Gasteiger partial charge in [0.05, 0.1) is 5.69 Å². The molecular weight excluding hydrogens is 260 g/mol. The van der Waals surface area contributed by atoms with Crippen LogP contribution >= 0.6 is 11.8 Å². The van der Waals surface area contributed by atoms with Crippen LogP contribution in [0.2, 0.25) is 0 Å². The second-order valence-electron chi connectivity index (χ2n) is 4.35. The second kappa shape index (κ2) is 5.88. The third kappa shape index (κ3) is 3.14. The highest BCUT2D eigenvalue weighted by Gasteiger charge is 2.15. The Morgan fingerprint density at radius 1 is 1.37 bits per heavy atom. The van der Waals surface area contributed by atoms with Gasteiger partial charge in [0.15, 0.2) is 0 Å². The number of anilines is 1. The molecule has 0 aliphatic heterocycles. The third-order valence-corrected chi connectivity index (χ3v) is 3.40. The van der Waals surface area contributed by atoms with Crippen molar-refractivity contribution >= 4 is 23.4 Å². The molecule has 19 heavy (non-hydrogen) atoms. The van der Waals surface area contributed by atoms with Crippen LogP contribution in [-0.4, -0.2) is 27.3 Å². The average Bonchev–Trinajstić information content (AvgIpc) is 2.89. The number of para-hydroxylation sites is 1. The molecule has 0 radical (unpaired) electrons. The Balaban J connectivity index is 2.16. The Bertz CT molecular complexity index is 580. The number of hydrogen-bond donors (Lipinski definition) is 2. The molecule has 2 N–H and O–H groups in total. The quantitative estimate of drug-likeness (QED) is 0.842. The summed E-state index contributed by atoms with van der Waals surface area (Å²) in [6.07, 6.45) is 1.97. The highest BCUT2D eigenvalue weighted by molar-refractivity contribution is 7.98. The Morgan fingerprint density at radius 3 is 2.74 bits per heavy atom. The topological polar surface area (TPSA) is 70.7 Å². The first kappa shape index (κ1) is 13.6. The molecule has 1 aromatic heterocycles. The monoisotopic (exact) mass is 276 g/mol. The average molecular weight is 276 g/mol. The van der Waals surface area contributed by atoms with E-state index >= 15 is 0 Å². The lowest BCUT2D eigenvalue weighted by atomic mass is 10.2. The summed E-state index contributed by atoms with van der Waals surface area (Å²) in [4.78, 5) is 17.2. The molecule has 0 fully saturated rings. The van der Waals surface area contributed by atoms with E-state index in [1.165, 1.54) is 0 Å². The summed E-state index contributed by atoms with van der Waals surface area (Å²) in [6, 6.07) is 7.63. The first-order valence-corrected chi connectivity index (χ1v) is 7.21. The number of benzene rings is 1. The van der Waals surface area contributed by atoms with E-state index in [1.807, 2.05) is 44.4 Å². The standard InChI is InChI=1S/C13H16N4OS/c1-8(2)11-15-12(17-16-11)13(18)14-9-6-4-5-7-10(9)19-3/h4-8H,1-3H3,(H,14,18)(H,15,16,17). The Kier molecular flexibility index (Phi) is 4.21. The molecule has 1 heterocycles. The summed E-state index contributed by atoms with van der Waals surface area (Å²) in [6.45, 7) is 3.98. The van der Waals surface area contributed by atoms with Crippen molar-refractivity contribution < 1.29 is 4.79 Å².